The Kier molecular flexibility index (Phi) is 3.49. The van der Waals surface area contributed by atoms with Crippen LogP contribution >= 0.6 is 15.9 Å². The van der Waals surface area contributed by atoms with Gasteiger partial charge in [-0.25, -0.2) is 4.39 Å². The molecule has 0 heterocycles. The lowest BCUT2D eigenvalue weighted by molar-refractivity contribution is 0.631. The van der Waals surface area contributed by atoms with E-state index in [0.717, 1.165) is 0 Å². The molecule has 0 spiro atoms. The summed E-state index contributed by atoms with van der Waals surface area (Å²) in [5, 5.41) is 11.9. The molecule has 0 saturated carbocycles. The summed E-state index contributed by atoms with van der Waals surface area (Å²) in [4.78, 5) is 0. The minimum absolute atomic E-state index is 0.291. The number of anilines is 3. The summed E-state index contributed by atoms with van der Waals surface area (Å²) in [5.41, 5.74) is 7.25. The van der Waals surface area contributed by atoms with E-state index in [9.17, 15) is 4.39 Å². The Labute approximate surface area is 112 Å². The average Bonchev–Trinajstić information content (AvgIpc) is 2.35. The van der Waals surface area contributed by atoms with Crippen molar-refractivity contribution >= 4 is 33.0 Å². The molecule has 0 saturated heterocycles. The maximum absolute atomic E-state index is 13.7. The first-order valence-electron chi connectivity index (χ1n) is 5.12. The number of nitrogens with one attached hydrogen (secondary N) is 1. The van der Waals surface area contributed by atoms with Crippen LogP contribution in [0.4, 0.5) is 21.5 Å². The number of nitriles is 1. The van der Waals surface area contributed by atoms with Gasteiger partial charge in [-0.05, 0) is 46.3 Å². The maximum Gasteiger partial charge on any atom is 0.147 e. The SMILES string of the molecule is N#Cc1cc(N)ccc1Nc1c(F)cccc1Br. The lowest BCUT2D eigenvalue weighted by Gasteiger charge is -2.11. The molecule has 90 valence electrons. The summed E-state index contributed by atoms with van der Waals surface area (Å²) >= 11 is 3.26. The molecule has 3 nitrogen and oxygen atoms in total. The van der Waals surface area contributed by atoms with Gasteiger partial charge in [0, 0.05) is 10.2 Å². The van der Waals surface area contributed by atoms with Gasteiger partial charge in [0.2, 0.25) is 0 Å². The van der Waals surface area contributed by atoms with Gasteiger partial charge in [-0.15, -0.1) is 0 Å². The molecule has 18 heavy (non-hydrogen) atoms. The van der Waals surface area contributed by atoms with Crippen LogP contribution in [-0.4, -0.2) is 0 Å². The Bertz CT molecular complexity index is 614. The fourth-order valence-electron chi connectivity index (χ4n) is 1.52. The van der Waals surface area contributed by atoms with Crippen LogP contribution in [0.5, 0.6) is 0 Å². The third-order valence-corrected chi connectivity index (χ3v) is 3.05. The molecular weight excluding hydrogens is 297 g/mol. The van der Waals surface area contributed by atoms with E-state index in [1.807, 2.05) is 6.07 Å². The third kappa shape index (κ3) is 2.44. The van der Waals surface area contributed by atoms with Gasteiger partial charge < -0.3 is 11.1 Å². The topological polar surface area (TPSA) is 61.8 Å². The van der Waals surface area contributed by atoms with Crippen molar-refractivity contribution in [2.45, 2.75) is 0 Å². The predicted octanol–water partition coefficient (Wildman–Crippen LogP) is 3.79. The minimum atomic E-state index is -0.398. The average molecular weight is 306 g/mol. The smallest absolute Gasteiger partial charge is 0.147 e. The summed E-state index contributed by atoms with van der Waals surface area (Å²) < 4.78 is 14.2. The van der Waals surface area contributed by atoms with Gasteiger partial charge in [-0.3, -0.25) is 0 Å². The van der Waals surface area contributed by atoms with Crippen molar-refractivity contribution in [3.8, 4) is 6.07 Å². The van der Waals surface area contributed by atoms with Gasteiger partial charge in [0.25, 0.3) is 0 Å². The Balaban J connectivity index is 2.44. The van der Waals surface area contributed by atoms with Crippen LogP contribution in [0, 0.1) is 17.1 Å². The van der Waals surface area contributed by atoms with Crippen LogP contribution in [-0.2, 0) is 0 Å². The molecule has 0 aliphatic heterocycles. The Morgan fingerprint density at radius 2 is 2.06 bits per heavy atom. The lowest BCUT2D eigenvalue weighted by atomic mass is 10.1. The van der Waals surface area contributed by atoms with E-state index in [4.69, 9.17) is 11.0 Å². The molecule has 0 fully saturated rings. The standard InChI is InChI=1S/C13H9BrFN3/c14-10-2-1-3-11(15)13(10)18-12-5-4-9(17)6-8(12)7-16/h1-6,18H,17H2. The molecular formula is C13H9BrFN3. The van der Waals surface area contributed by atoms with E-state index in [2.05, 4.69) is 21.2 Å². The van der Waals surface area contributed by atoms with Crippen molar-refractivity contribution < 1.29 is 4.39 Å². The number of nitrogens with zero attached hydrogens (tertiary/aromatic N) is 1. The number of rotatable bonds is 2. The van der Waals surface area contributed by atoms with Gasteiger partial charge in [-0.1, -0.05) is 6.07 Å². The molecule has 3 N–H and O–H groups in total. The van der Waals surface area contributed by atoms with E-state index in [1.165, 1.54) is 12.1 Å². The van der Waals surface area contributed by atoms with Crippen molar-refractivity contribution in [3.63, 3.8) is 0 Å². The summed E-state index contributed by atoms with van der Waals surface area (Å²) in [5.74, 6) is -0.398. The summed E-state index contributed by atoms with van der Waals surface area (Å²) in [6, 6.07) is 11.5. The maximum atomic E-state index is 13.7. The zero-order valence-electron chi connectivity index (χ0n) is 9.24. The van der Waals surface area contributed by atoms with Crippen molar-refractivity contribution in [1.29, 1.82) is 5.26 Å². The Hall–Kier alpha value is -2.06. The van der Waals surface area contributed by atoms with Crippen LogP contribution in [0.1, 0.15) is 5.56 Å². The number of hydrogen-bond donors (Lipinski definition) is 2. The van der Waals surface area contributed by atoms with Crippen LogP contribution in [0.2, 0.25) is 0 Å². The molecule has 2 aromatic carbocycles. The van der Waals surface area contributed by atoms with Gasteiger partial charge in [0.15, 0.2) is 0 Å². The number of hydrogen-bond acceptors (Lipinski definition) is 3. The normalized spacial score (nSPS) is 9.83. The van der Waals surface area contributed by atoms with E-state index in [0.29, 0.717) is 27.1 Å². The van der Waals surface area contributed by atoms with E-state index >= 15 is 0 Å². The minimum Gasteiger partial charge on any atom is -0.399 e. The molecule has 0 amide bonds. The molecule has 0 radical (unpaired) electrons. The summed E-state index contributed by atoms with van der Waals surface area (Å²) in [6.45, 7) is 0. The number of benzene rings is 2. The van der Waals surface area contributed by atoms with Gasteiger partial charge in [0.1, 0.15) is 11.9 Å². The fraction of sp³-hybridized carbons (Fsp3) is 0. The van der Waals surface area contributed by atoms with Crippen molar-refractivity contribution in [2.24, 2.45) is 0 Å². The quantitative estimate of drug-likeness (QED) is 0.830. The molecule has 0 atom stereocenters. The number of nitrogens with two attached hydrogens (primary N) is 1. The first kappa shape index (κ1) is 12.4. The van der Waals surface area contributed by atoms with Crippen molar-refractivity contribution in [2.75, 3.05) is 11.1 Å². The molecule has 0 aromatic heterocycles. The molecule has 2 aromatic rings. The van der Waals surface area contributed by atoms with Crippen molar-refractivity contribution in [1.82, 2.24) is 0 Å². The highest BCUT2D eigenvalue weighted by Gasteiger charge is 2.09. The first-order valence-corrected chi connectivity index (χ1v) is 5.92. The molecule has 0 aliphatic rings. The second kappa shape index (κ2) is 5.07. The number of halogens is 2. The van der Waals surface area contributed by atoms with E-state index in [-0.39, 0.29) is 0 Å². The second-order valence-corrected chi connectivity index (χ2v) is 4.49. The molecule has 0 unspecified atom stereocenters. The van der Waals surface area contributed by atoms with E-state index < -0.39 is 5.82 Å². The fourth-order valence-corrected chi connectivity index (χ4v) is 1.96. The molecule has 2 rings (SSSR count). The second-order valence-electron chi connectivity index (χ2n) is 3.64. The highest BCUT2D eigenvalue weighted by atomic mass is 79.9. The van der Waals surface area contributed by atoms with Gasteiger partial charge >= 0.3 is 0 Å². The largest absolute Gasteiger partial charge is 0.399 e. The van der Waals surface area contributed by atoms with Gasteiger partial charge in [-0.2, -0.15) is 5.26 Å². The monoisotopic (exact) mass is 305 g/mol. The Morgan fingerprint density at radius 3 is 2.72 bits per heavy atom. The zero-order chi connectivity index (χ0) is 13.1. The zero-order valence-corrected chi connectivity index (χ0v) is 10.8. The van der Waals surface area contributed by atoms with Crippen LogP contribution in [0.15, 0.2) is 40.9 Å². The molecule has 0 aliphatic carbocycles. The van der Waals surface area contributed by atoms with Crippen LogP contribution in [0.3, 0.4) is 0 Å². The Morgan fingerprint density at radius 1 is 1.28 bits per heavy atom. The van der Waals surface area contributed by atoms with Gasteiger partial charge in [0.05, 0.1) is 16.9 Å². The van der Waals surface area contributed by atoms with Crippen molar-refractivity contribution in [3.05, 3.63) is 52.3 Å². The third-order valence-electron chi connectivity index (χ3n) is 2.39. The highest BCUT2D eigenvalue weighted by Crippen LogP contribution is 2.30. The van der Waals surface area contributed by atoms with Crippen LogP contribution < -0.4 is 11.1 Å². The summed E-state index contributed by atoms with van der Waals surface area (Å²) in [6.07, 6.45) is 0. The number of nitrogen functional groups attached to an aromatic ring is 1. The number of para-hydroxylation sites is 1. The van der Waals surface area contributed by atoms with E-state index in [1.54, 1.807) is 24.3 Å². The first-order chi connectivity index (χ1) is 8.61. The highest BCUT2D eigenvalue weighted by molar-refractivity contribution is 9.10. The molecule has 0 bridgehead atoms. The summed E-state index contributed by atoms with van der Waals surface area (Å²) in [7, 11) is 0. The lowest BCUT2D eigenvalue weighted by Crippen LogP contribution is -1.98. The predicted molar refractivity (Wildman–Crippen MR) is 73.0 cm³/mol. The molecule has 5 heteroatoms. The van der Waals surface area contributed by atoms with Crippen LogP contribution in [0.25, 0.3) is 0 Å².